The summed E-state index contributed by atoms with van der Waals surface area (Å²) in [5.41, 5.74) is 0.153. The second-order valence-electron chi connectivity index (χ2n) is 5.79. The molecule has 0 bridgehead atoms. The molecule has 0 fully saturated rings. The highest BCUT2D eigenvalue weighted by atomic mass is 19.2. The lowest BCUT2D eigenvalue weighted by molar-refractivity contribution is -0.120. The molecule has 136 valence electrons. The molecule has 27 heavy (non-hydrogen) atoms. The van der Waals surface area contributed by atoms with Gasteiger partial charge >= 0.3 is 0 Å². The number of nitriles is 1. The lowest BCUT2D eigenvalue weighted by Gasteiger charge is -2.10. The van der Waals surface area contributed by atoms with Gasteiger partial charge in [0.25, 0.3) is 5.56 Å². The number of aryl methyl sites for hydroxylation is 1. The number of amides is 1. The van der Waals surface area contributed by atoms with Gasteiger partial charge in [-0.3, -0.25) is 9.59 Å². The summed E-state index contributed by atoms with van der Waals surface area (Å²) in [6.45, 7) is 1.46. The molecule has 2 heterocycles. The Morgan fingerprint density at radius 2 is 2.00 bits per heavy atom. The molecular weight excluding hydrogens is 356 g/mol. The van der Waals surface area contributed by atoms with E-state index in [9.17, 15) is 18.4 Å². The van der Waals surface area contributed by atoms with Crippen molar-refractivity contribution in [3.05, 3.63) is 69.0 Å². The molecule has 0 aliphatic carbocycles. The summed E-state index contributed by atoms with van der Waals surface area (Å²) in [5.74, 6) is -2.33. The molecule has 0 aliphatic heterocycles. The Labute approximate surface area is 151 Å². The van der Waals surface area contributed by atoms with Crippen molar-refractivity contribution in [2.45, 2.75) is 19.9 Å². The van der Waals surface area contributed by atoms with Gasteiger partial charge in [0.05, 0.1) is 24.0 Å². The predicted octanol–water partition coefficient (Wildman–Crippen LogP) is 1.64. The first-order chi connectivity index (χ1) is 12.9. The van der Waals surface area contributed by atoms with Crippen LogP contribution in [0.15, 0.2) is 29.3 Å². The highest BCUT2D eigenvalue weighted by Crippen LogP contribution is 2.23. The first-order valence-electron chi connectivity index (χ1n) is 7.88. The summed E-state index contributed by atoms with van der Waals surface area (Å²) in [6, 6.07) is 4.08. The molecule has 0 saturated heterocycles. The van der Waals surface area contributed by atoms with Crippen molar-refractivity contribution in [2.24, 2.45) is 0 Å². The first kappa shape index (κ1) is 18.1. The number of rotatable bonds is 4. The topological polar surface area (TPSA) is 112 Å². The van der Waals surface area contributed by atoms with E-state index >= 15 is 0 Å². The van der Waals surface area contributed by atoms with Gasteiger partial charge in [-0.15, -0.1) is 0 Å². The van der Waals surface area contributed by atoms with Crippen molar-refractivity contribution in [3.63, 3.8) is 0 Å². The summed E-state index contributed by atoms with van der Waals surface area (Å²) < 4.78 is 27.6. The Balaban J connectivity index is 1.81. The lowest BCUT2D eigenvalue weighted by atomic mass is 10.0. The van der Waals surface area contributed by atoms with Crippen LogP contribution in [0.2, 0.25) is 0 Å². The zero-order chi connectivity index (χ0) is 19.6. The van der Waals surface area contributed by atoms with Gasteiger partial charge in [-0.1, -0.05) is 0 Å². The quantitative estimate of drug-likeness (QED) is 0.726. The molecule has 0 unspecified atom stereocenters. The van der Waals surface area contributed by atoms with Gasteiger partial charge in [0.2, 0.25) is 5.91 Å². The first-order valence-corrected chi connectivity index (χ1v) is 7.88. The number of carbonyl (C=O) groups excluding carboxylic acids is 1. The van der Waals surface area contributed by atoms with E-state index in [4.69, 9.17) is 5.26 Å². The number of aromatic nitrogens is 3. The minimum absolute atomic E-state index is 0.00192. The highest BCUT2D eigenvalue weighted by molar-refractivity contribution is 5.86. The van der Waals surface area contributed by atoms with Crippen LogP contribution in [0.4, 0.5) is 8.78 Å². The number of benzene rings is 1. The molecule has 3 rings (SSSR count). The van der Waals surface area contributed by atoms with Crippen LogP contribution in [0.1, 0.15) is 22.5 Å². The van der Waals surface area contributed by atoms with Crippen LogP contribution in [-0.2, 0) is 17.8 Å². The molecule has 0 saturated carbocycles. The standard InChI is InChI=1S/C18H13F2N5O2/c1-9-11(18(27)25-13-3-2-12(19)17(20)16(9)13)4-15(26)24-8-14-22-6-10(5-21)7-23-14/h2-3,6-7H,4,8H2,1H3,(H,24,26)(H,25,27). The van der Waals surface area contributed by atoms with Crippen molar-refractivity contribution < 1.29 is 13.6 Å². The maximum absolute atomic E-state index is 14.1. The van der Waals surface area contributed by atoms with Crippen molar-refractivity contribution in [3.8, 4) is 6.07 Å². The average Bonchev–Trinajstić information content (AvgIpc) is 2.66. The lowest BCUT2D eigenvalue weighted by Crippen LogP contribution is -2.29. The number of nitrogens with zero attached hydrogens (tertiary/aromatic N) is 3. The molecule has 7 nitrogen and oxygen atoms in total. The number of carbonyl (C=O) groups is 1. The number of hydrogen-bond acceptors (Lipinski definition) is 5. The third kappa shape index (κ3) is 3.64. The van der Waals surface area contributed by atoms with Crippen molar-refractivity contribution >= 4 is 16.8 Å². The summed E-state index contributed by atoms with van der Waals surface area (Å²) in [5, 5.41) is 11.2. The Bertz CT molecular complexity index is 1130. The fourth-order valence-corrected chi connectivity index (χ4v) is 2.66. The van der Waals surface area contributed by atoms with Gasteiger partial charge in [-0.25, -0.2) is 18.7 Å². The highest BCUT2D eigenvalue weighted by Gasteiger charge is 2.17. The fraction of sp³-hybridized carbons (Fsp3) is 0.167. The molecule has 0 radical (unpaired) electrons. The monoisotopic (exact) mass is 369 g/mol. The molecule has 0 aliphatic rings. The van der Waals surface area contributed by atoms with Crippen LogP contribution in [0, 0.1) is 29.9 Å². The van der Waals surface area contributed by atoms with E-state index < -0.39 is 23.1 Å². The average molecular weight is 369 g/mol. The van der Waals surface area contributed by atoms with E-state index in [2.05, 4.69) is 20.3 Å². The Hall–Kier alpha value is -3.67. The van der Waals surface area contributed by atoms with Crippen molar-refractivity contribution in [1.82, 2.24) is 20.3 Å². The zero-order valence-corrected chi connectivity index (χ0v) is 14.1. The van der Waals surface area contributed by atoms with E-state index in [1.807, 2.05) is 6.07 Å². The number of pyridine rings is 1. The number of halogens is 2. The van der Waals surface area contributed by atoms with Crippen molar-refractivity contribution in [1.29, 1.82) is 5.26 Å². The zero-order valence-electron chi connectivity index (χ0n) is 14.1. The van der Waals surface area contributed by atoms with Gasteiger partial charge in [0, 0.05) is 23.3 Å². The molecule has 2 aromatic heterocycles. The second kappa shape index (κ2) is 7.29. The maximum atomic E-state index is 14.1. The van der Waals surface area contributed by atoms with Gasteiger partial charge in [-0.05, 0) is 24.6 Å². The van der Waals surface area contributed by atoms with E-state index in [1.54, 1.807) is 0 Å². The smallest absolute Gasteiger partial charge is 0.252 e. The molecule has 2 N–H and O–H groups in total. The van der Waals surface area contributed by atoms with Gasteiger partial charge in [-0.2, -0.15) is 5.26 Å². The van der Waals surface area contributed by atoms with Crippen LogP contribution >= 0.6 is 0 Å². The van der Waals surface area contributed by atoms with Gasteiger partial charge < -0.3 is 10.3 Å². The van der Waals surface area contributed by atoms with Crippen molar-refractivity contribution in [2.75, 3.05) is 0 Å². The Morgan fingerprint density at radius 1 is 1.30 bits per heavy atom. The van der Waals surface area contributed by atoms with E-state index in [0.717, 1.165) is 6.07 Å². The number of nitrogens with one attached hydrogen (secondary N) is 2. The Kier molecular flexibility index (Phi) is 4.90. The SMILES string of the molecule is Cc1c(CC(=O)NCc2ncc(C#N)cn2)c(=O)[nH]c2ccc(F)c(F)c12. The molecule has 9 heteroatoms. The minimum Gasteiger partial charge on any atom is -0.349 e. The number of fused-ring (bicyclic) bond motifs is 1. The minimum atomic E-state index is -1.08. The summed E-state index contributed by atoms with van der Waals surface area (Å²) in [4.78, 5) is 34.7. The molecule has 3 aromatic rings. The predicted molar refractivity (Wildman–Crippen MR) is 91.5 cm³/mol. The molecule has 1 amide bonds. The molecule has 1 aromatic carbocycles. The molecule has 0 atom stereocenters. The molecular formula is C18H13F2N5O2. The normalized spacial score (nSPS) is 10.6. The van der Waals surface area contributed by atoms with Crippen LogP contribution in [0.3, 0.4) is 0 Å². The summed E-state index contributed by atoms with van der Waals surface area (Å²) >= 11 is 0. The van der Waals surface area contributed by atoms with E-state index in [0.29, 0.717) is 5.82 Å². The van der Waals surface area contributed by atoms with Crippen LogP contribution < -0.4 is 10.9 Å². The van der Waals surface area contributed by atoms with Gasteiger partial charge in [0.15, 0.2) is 11.6 Å². The Morgan fingerprint density at radius 3 is 2.67 bits per heavy atom. The summed E-state index contributed by atoms with van der Waals surface area (Å²) in [6.07, 6.45) is 2.33. The van der Waals surface area contributed by atoms with Gasteiger partial charge in [0.1, 0.15) is 11.9 Å². The van der Waals surface area contributed by atoms with E-state index in [-0.39, 0.29) is 40.6 Å². The number of hydrogen-bond donors (Lipinski definition) is 2. The second-order valence-corrected chi connectivity index (χ2v) is 5.79. The van der Waals surface area contributed by atoms with Crippen LogP contribution in [0.5, 0.6) is 0 Å². The largest absolute Gasteiger partial charge is 0.349 e. The fourth-order valence-electron chi connectivity index (χ4n) is 2.66. The summed E-state index contributed by atoms with van der Waals surface area (Å²) in [7, 11) is 0. The molecule has 0 spiro atoms. The third-order valence-electron chi connectivity index (χ3n) is 4.06. The van der Waals surface area contributed by atoms with Crippen LogP contribution in [-0.4, -0.2) is 20.9 Å². The maximum Gasteiger partial charge on any atom is 0.252 e. The van der Waals surface area contributed by atoms with Crippen LogP contribution in [0.25, 0.3) is 10.9 Å². The number of H-pyrrole nitrogens is 1. The van der Waals surface area contributed by atoms with E-state index in [1.165, 1.54) is 25.4 Å². The third-order valence-corrected chi connectivity index (χ3v) is 4.06. The number of aromatic amines is 1.